The monoisotopic (exact) mass is 262 g/mol. The summed E-state index contributed by atoms with van der Waals surface area (Å²) < 4.78 is 4.86. The lowest BCUT2D eigenvalue weighted by molar-refractivity contribution is -0.562. The Kier molecular flexibility index (Phi) is 4.66. The van der Waals surface area contributed by atoms with Crippen LogP contribution in [0, 0.1) is 10.1 Å². The van der Waals surface area contributed by atoms with Gasteiger partial charge in [-0.2, -0.15) is 0 Å². The number of aliphatic carboxylic acids is 1. The van der Waals surface area contributed by atoms with Gasteiger partial charge >= 0.3 is 12.1 Å². The normalized spacial score (nSPS) is 13.6. The molecule has 0 spiro atoms. The molecule has 0 aromatic carbocycles. The van der Waals surface area contributed by atoms with Crippen LogP contribution in [0.15, 0.2) is 0 Å². The van der Waals surface area contributed by atoms with Crippen molar-refractivity contribution in [1.82, 2.24) is 5.32 Å². The second-order valence-corrected chi connectivity index (χ2v) is 5.33. The molecule has 8 heteroatoms. The van der Waals surface area contributed by atoms with E-state index in [0.717, 1.165) is 13.8 Å². The summed E-state index contributed by atoms with van der Waals surface area (Å²) >= 11 is 0. The first-order valence-electron chi connectivity index (χ1n) is 5.24. The predicted molar refractivity (Wildman–Crippen MR) is 61.9 cm³/mol. The van der Waals surface area contributed by atoms with Crippen LogP contribution in [0.1, 0.15) is 34.6 Å². The van der Waals surface area contributed by atoms with Crippen LogP contribution in [0.2, 0.25) is 0 Å². The first-order chi connectivity index (χ1) is 7.88. The Bertz CT molecular complexity index is 358. The maximum absolute atomic E-state index is 11.4. The van der Waals surface area contributed by atoms with E-state index in [9.17, 15) is 19.7 Å². The Morgan fingerprint density at radius 1 is 1.28 bits per heavy atom. The standard InChI is InChI=1S/C10H18N2O6/c1-9(2,3)18-8(15)11-6(7(13)14)10(4,5)12(16)17/h6H,1-5H3,(H,11,15)(H,13,14)/t6-/m1/s1. The Balaban J connectivity index is 4.92. The number of carbonyl (C=O) groups excluding carboxylic acids is 1. The van der Waals surface area contributed by atoms with E-state index in [0.29, 0.717) is 0 Å². The number of hydrogen-bond donors (Lipinski definition) is 2. The van der Waals surface area contributed by atoms with E-state index in [2.05, 4.69) is 0 Å². The molecular weight excluding hydrogens is 244 g/mol. The molecule has 0 aliphatic heterocycles. The molecule has 0 saturated heterocycles. The third kappa shape index (κ3) is 4.56. The molecule has 18 heavy (non-hydrogen) atoms. The highest BCUT2D eigenvalue weighted by Gasteiger charge is 2.47. The number of hydrogen-bond acceptors (Lipinski definition) is 5. The zero-order chi connectivity index (χ0) is 14.7. The molecular formula is C10H18N2O6. The van der Waals surface area contributed by atoms with E-state index in [1.807, 2.05) is 5.32 Å². The van der Waals surface area contributed by atoms with Crippen LogP contribution >= 0.6 is 0 Å². The van der Waals surface area contributed by atoms with Gasteiger partial charge in [0.05, 0.1) is 0 Å². The number of carbonyl (C=O) groups is 2. The van der Waals surface area contributed by atoms with E-state index in [1.165, 1.54) is 0 Å². The quantitative estimate of drug-likeness (QED) is 0.576. The van der Waals surface area contributed by atoms with Crippen LogP contribution in [-0.4, -0.2) is 39.3 Å². The zero-order valence-corrected chi connectivity index (χ0v) is 11.0. The molecule has 1 amide bonds. The molecule has 104 valence electrons. The van der Waals surface area contributed by atoms with Crippen molar-refractivity contribution in [1.29, 1.82) is 0 Å². The molecule has 0 bridgehead atoms. The van der Waals surface area contributed by atoms with Gasteiger partial charge in [0.15, 0.2) is 6.04 Å². The fourth-order valence-corrected chi connectivity index (χ4v) is 1.07. The van der Waals surface area contributed by atoms with Gasteiger partial charge in [0.1, 0.15) is 5.60 Å². The average Bonchev–Trinajstić information content (AvgIpc) is 2.10. The predicted octanol–water partition coefficient (Wildman–Crippen LogP) is 1.02. The first-order valence-corrected chi connectivity index (χ1v) is 5.24. The molecule has 0 aliphatic carbocycles. The number of nitrogens with one attached hydrogen (secondary N) is 1. The maximum atomic E-state index is 11.4. The van der Waals surface area contributed by atoms with Gasteiger partial charge in [-0.25, -0.2) is 9.59 Å². The minimum atomic E-state index is -1.84. The molecule has 1 atom stereocenters. The fraction of sp³-hybridized carbons (Fsp3) is 0.800. The second kappa shape index (κ2) is 5.19. The van der Waals surface area contributed by atoms with Crippen LogP contribution in [0.25, 0.3) is 0 Å². The topological polar surface area (TPSA) is 119 Å². The molecule has 8 nitrogen and oxygen atoms in total. The number of nitrogens with zero attached hydrogens (tertiary/aromatic N) is 1. The number of nitro groups is 1. The summed E-state index contributed by atoms with van der Waals surface area (Å²) in [6.45, 7) is 7.02. The van der Waals surface area contributed by atoms with E-state index < -0.39 is 34.2 Å². The van der Waals surface area contributed by atoms with Gasteiger partial charge in [0.2, 0.25) is 5.54 Å². The minimum absolute atomic E-state index is 0.761. The summed E-state index contributed by atoms with van der Waals surface area (Å²) in [6, 6.07) is -1.68. The molecule has 0 fully saturated rings. The number of ether oxygens (including phenoxy) is 1. The lowest BCUT2D eigenvalue weighted by atomic mass is 9.96. The lowest BCUT2D eigenvalue weighted by Gasteiger charge is -2.26. The van der Waals surface area contributed by atoms with Crippen molar-refractivity contribution >= 4 is 12.1 Å². The van der Waals surface area contributed by atoms with Gasteiger partial charge in [-0.05, 0) is 20.8 Å². The van der Waals surface area contributed by atoms with Crippen molar-refractivity contribution in [2.24, 2.45) is 0 Å². The van der Waals surface area contributed by atoms with E-state index >= 15 is 0 Å². The highest BCUT2D eigenvalue weighted by Crippen LogP contribution is 2.15. The van der Waals surface area contributed by atoms with E-state index in [-0.39, 0.29) is 0 Å². The van der Waals surface area contributed by atoms with Gasteiger partial charge in [0.25, 0.3) is 0 Å². The fourth-order valence-electron chi connectivity index (χ4n) is 1.07. The Morgan fingerprint density at radius 2 is 1.72 bits per heavy atom. The first kappa shape index (κ1) is 16.1. The lowest BCUT2D eigenvalue weighted by Crippen LogP contribution is -2.58. The van der Waals surface area contributed by atoms with E-state index in [4.69, 9.17) is 9.84 Å². The average molecular weight is 262 g/mol. The molecule has 0 saturated carbocycles. The molecule has 0 unspecified atom stereocenters. The number of rotatable bonds is 4. The molecule has 0 radical (unpaired) electrons. The van der Waals surface area contributed by atoms with Gasteiger partial charge in [-0.15, -0.1) is 0 Å². The summed E-state index contributed by atoms with van der Waals surface area (Å²) in [7, 11) is 0. The third-order valence-electron chi connectivity index (χ3n) is 2.09. The Labute approximate surface area is 104 Å². The molecule has 0 aromatic heterocycles. The van der Waals surface area contributed by atoms with Crippen molar-refractivity contribution in [3.63, 3.8) is 0 Å². The smallest absolute Gasteiger partial charge is 0.408 e. The summed E-state index contributed by atoms with van der Waals surface area (Å²) in [5, 5.41) is 21.7. The highest BCUT2D eigenvalue weighted by molar-refractivity contribution is 5.81. The summed E-state index contributed by atoms with van der Waals surface area (Å²) in [6.07, 6.45) is -1.01. The number of amides is 1. The Hall–Kier alpha value is -1.86. The van der Waals surface area contributed by atoms with Crippen LogP contribution in [-0.2, 0) is 9.53 Å². The molecule has 0 aliphatic rings. The molecule has 0 aromatic rings. The minimum Gasteiger partial charge on any atom is -0.480 e. The number of alkyl carbamates (subject to hydrolysis) is 1. The third-order valence-corrected chi connectivity index (χ3v) is 2.09. The van der Waals surface area contributed by atoms with Crippen molar-refractivity contribution in [3.8, 4) is 0 Å². The molecule has 0 heterocycles. The van der Waals surface area contributed by atoms with Crippen molar-refractivity contribution in [3.05, 3.63) is 10.1 Å². The number of carboxylic acids is 1. The summed E-state index contributed by atoms with van der Waals surface area (Å²) in [4.78, 5) is 32.4. The van der Waals surface area contributed by atoms with Crippen LogP contribution in [0.4, 0.5) is 4.79 Å². The van der Waals surface area contributed by atoms with Crippen LogP contribution in [0.5, 0.6) is 0 Å². The van der Waals surface area contributed by atoms with Crippen LogP contribution in [0.3, 0.4) is 0 Å². The van der Waals surface area contributed by atoms with Gasteiger partial charge < -0.3 is 15.2 Å². The zero-order valence-electron chi connectivity index (χ0n) is 11.0. The van der Waals surface area contributed by atoms with Gasteiger partial charge in [-0.3, -0.25) is 10.1 Å². The summed E-state index contributed by atoms with van der Waals surface area (Å²) in [5.74, 6) is -1.50. The van der Waals surface area contributed by atoms with Crippen LogP contribution < -0.4 is 5.32 Å². The van der Waals surface area contributed by atoms with Crippen molar-refractivity contribution in [2.75, 3.05) is 0 Å². The van der Waals surface area contributed by atoms with Crippen molar-refractivity contribution < 1.29 is 24.4 Å². The van der Waals surface area contributed by atoms with Gasteiger partial charge in [0, 0.05) is 18.8 Å². The SMILES string of the molecule is CC(C)(C)OC(=O)N[C@H](C(=O)O)C(C)(C)[N+](=O)[O-]. The molecule has 0 rings (SSSR count). The maximum Gasteiger partial charge on any atom is 0.408 e. The van der Waals surface area contributed by atoms with Crippen molar-refractivity contribution in [2.45, 2.75) is 51.8 Å². The summed E-state index contributed by atoms with van der Waals surface area (Å²) in [5.41, 5.74) is -2.66. The Morgan fingerprint density at radius 3 is 2.00 bits per heavy atom. The second-order valence-electron chi connectivity index (χ2n) is 5.33. The highest BCUT2D eigenvalue weighted by atomic mass is 16.6. The van der Waals surface area contributed by atoms with E-state index in [1.54, 1.807) is 20.8 Å². The molecule has 2 N–H and O–H groups in total. The largest absolute Gasteiger partial charge is 0.480 e. The van der Waals surface area contributed by atoms with Gasteiger partial charge in [-0.1, -0.05) is 0 Å². The number of carboxylic acid groups (broad SMARTS) is 1.